The van der Waals surface area contributed by atoms with Gasteiger partial charge >= 0.3 is 0 Å². The summed E-state index contributed by atoms with van der Waals surface area (Å²) in [6.45, 7) is 0. The zero-order valence-electron chi connectivity index (χ0n) is 3.91. The second-order valence-electron chi connectivity index (χ2n) is 1.50. The van der Waals surface area contributed by atoms with E-state index in [0.717, 1.165) is 0 Å². The van der Waals surface area contributed by atoms with E-state index >= 15 is 0 Å². The highest BCUT2D eigenvalue weighted by atomic mass is 35.5. The SMILES string of the molecule is Cl.N1NC2(N1)NNN2. The topological polar surface area (TPSA) is 72.2 Å². The third-order valence-corrected chi connectivity index (χ3v) is 1.00. The van der Waals surface area contributed by atoms with Gasteiger partial charge in [-0.1, -0.05) is 0 Å². The first-order valence-corrected chi connectivity index (χ1v) is 2.00. The summed E-state index contributed by atoms with van der Waals surface area (Å²) in [6, 6.07) is 0. The molecule has 1 spiro atoms. The fourth-order valence-electron chi connectivity index (χ4n) is 0.500. The molecule has 0 amide bonds. The average molecular weight is 139 g/mol. The molecule has 0 radical (unpaired) electrons. The largest absolute Gasteiger partial charge is 0.236 e. The van der Waals surface area contributed by atoms with Gasteiger partial charge in [-0.05, 0) is 0 Å². The molecule has 2 rings (SSSR count). The molecule has 7 heteroatoms. The third kappa shape index (κ3) is 0.599. The summed E-state index contributed by atoms with van der Waals surface area (Å²) in [5.41, 5.74) is 16.5. The van der Waals surface area contributed by atoms with E-state index in [9.17, 15) is 0 Å². The van der Waals surface area contributed by atoms with Crippen molar-refractivity contribution < 1.29 is 0 Å². The molecule has 2 saturated heterocycles. The van der Waals surface area contributed by atoms with E-state index in [1.807, 2.05) is 0 Å². The first-order chi connectivity index (χ1) is 3.41. The van der Waals surface area contributed by atoms with Crippen LogP contribution < -0.4 is 32.8 Å². The van der Waals surface area contributed by atoms with Gasteiger partial charge in [-0.3, -0.25) is 0 Å². The van der Waals surface area contributed by atoms with E-state index in [4.69, 9.17) is 0 Å². The predicted octanol–water partition coefficient (Wildman–Crippen LogP) is -2.76. The number of halogens is 1. The second kappa shape index (κ2) is 1.78. The molecule has 48 valence electrons. The van der Waals surface area contributed by atoms with Crippen molar-refractivity contribution >= 4 is 12.4 Å². The first kappa shape index (κ1) is 6.17. The van der Waals surface area contributed by atoms with Gasteiger partial charge in [0, 0.05) is 0 Å². The molecule has 0 atom stereocenters. The summed E-state index contributed by atoms with van der Waals surface area (Å²) in [4.78, 5) is 0. The second-order valence-corrected chi connectivity index (χ2v) is 1.50. The number of hydrogen-bond acceptors (Lipinski definition) is 6. The van der Waals surface area contributed by atoms with Crippen LogP contribution in [0.3, 0.4) is 0 Å². The van der Waals surface area contributed by atoms with Gasteiger partial charge in [-0.25, -0.2) is 0 Å². The standard InChI is InChI=1S/CH6N6.ClH/c2-1(3-6-2)4-7-5-1;/h2-7H;1H. The number of rotatable bonds is 0. The normalized spacial score (nSPS) is 30.0. The van der Waals surface area contributed by atoms with Crippen molar-refractivity contribution in [3.63, 3.8) is 0 Å². The summed E-state index contributed by atoms with van der Waals surface area (Å²) in [6.07, 6.45) is 0. The van der Waals surface area contributed by atoms with Crippen LogP contribution in [0.5, 0.6) is 0 Å². The Kier molecular flexibility index (Phi) is 1.37. The van der Waals surface area contributed by atoms with Gasteiger partial charge < -0.3 is 0 Å². The Morgan fingerprint density at radius 2 is 1.12 bits per heavy atom. The summed E-state index contributed by atoms with van der Waals surface area (Å²) < 4.78 is 0. The minimum Gasteiger partial charge on any atom is -0.194 e. The first-order valence-electron chi connectivity index (χ1n) is 2.00. The molecule has 8 heavy (non-hydrogen) atoms. The lowest BCUT2D eigenvalue weighted by Crippen LogP contribution is -3.01. The molecule has 0 aromatic carbocycles. The van der Waals surface area contributed by atoms with E-state index in [2.05, 4.69) is 32.8 Å². The highest BCUT2D eigenvalue weighted by Crippen LogP contribution is 1.93. The van der Waals surface area contributed by atoms with Crippen LogP contribution in [0, 0.1) is 0 Å². The minimum absolute atomic E-state index is 0. The third-order valence-electron chi connectivity index (χ3n) is 1.00. The molecule has 2 heterocycles. The van der Waals surface area contributed by atoms with Gasteiger partial charge in [-0.2, -0.15) is 32.8 Å². The molecule has 0 bridgehead atoms. The maximum Gasteiger partial charge on any atom is 0.236 e. The van der Waals surface area contributed by atoms with E-state index < -0.39 is 0 Å². The molecule has 0 aromatic rings. The molecule has 2 fully saturated rings. The van der Waals surface area contributed by atoms with Crippen LogP contribution in [0.25, 0.3) is 0 Å². The quantitative estimate of drug-likeness (QED) is 0.218. The Balaban J connectivity index is 0.000000320. The van der Waals surface area contributed by atoms with Crippen molar-refractivity contribution in [2.24, 2.45) is 0 Å². The highest BCUT2D eigenvalue weighted by molar-refractivity contribution is 5.85. The van der Waals surface area contributed by atoms with E-state index in [1.165, 1.54) is 0 Å². The zero-order valence-corrected chi connectivity index (χ0v) is 4.72. The lowest BCUT2D eigenvalue weighted by atomic mass is 10.6. The molecule has 0 saturated carbocycles. The Morgan fingerprint density at radius 3 is 1.12 bits per heavy atom. The van der Waals surface area contributed by atoms with E-state index in [0.29, 0.717) is 0 Å². The summed E-state index contributed by atoms with van der Waals surface area (Å²) in [5.74, 6) is -0.278. The molecular weight excluding hydrogens is 132 g/mol. The Hall–Kier alpha value is 0.0500. The maximum absolute atomic E-state index is 2.81. The summed E-state index contributed by atoms with van der Waals surface area (Å²) in [7, 11) is 0. The fraction of sp³-hybridized carbons (Fsp3) is 1.00. The molecule has 6 N–H and O–H groups in total. The van der Waals surface area contributed by atoms with Crippen LogP contribution in [-0.4, -0.2) is 5.91 Å². The van der Waals surface area contributed by atoms with Crippen molar-refractivity contribution in [2.75, 3.05) is 0 Å². The zero-order chi connectivity index (χ0) is 4.74. The van der Waals surface area contributed by atoms with Crippen LogP contribution in [0.1, 0.15) is 0 Å². The Labute approximate surface area is 52.1 Å². The lowest BCUT2D eigenvalue weighted by molar-refractivity contribution is -0.109. The maximum atomic E-state index is 2.81. The molecule has 2 aliphatic heterocycles. The molecule has 0 aromatic heterocycles. The van der Waals surface area contributed by atoms with E-state index in [-0.39, 0.29) is 18.3 Å². The van der Waals surface area contributed by atoms with Crippen LogP contribution in [0.15, 0.2) is 0 Å². The van der Waals surface area contributed by atoms with Crippen molar-refractivity contribution in [3.8, 4) is 0 Å². The molecule has 0 unspecified atom stereocenters. The lowest BCUT2D eigenvalue weighted by Gasteiger charge is -2.51. The fourth-order valence-corrected chi connectivity index (χ4v) is 0.500. The van der Waals surface area contributed by atoms with Crippen molar-refractivity contribution in [1.29, 1.82) is 0 Å². The molecule has 6 nitrogen and oxygen atoms in total. The van der Waals surface area contributed by atoms with Gasteiger partial charge in [0.15, 0.2) is 0 Å². The van der Waals surface area contributed by atoms with Crippen LogP contribution in [-0.2, 0) is 0 Å². The molecule has 0 aliphatic carbocycles. The molecule has 2 aliphatic rings. The van der Waals surface area contributed by atoms with Gasteiger partial charge in [0.2, 0.25) is 5.91 Å². The van der Waals surface area contributed by atoms with Crippen LogP contribution >= 0.6 is 12.4 Å². The predicted molar refractivity (Wildman–Crippen MR) is 28.8 cm³/mol. The van der Waals surface area contributed by atoms with Gasteiger partial charge in [-0.15, -0.1) is 12.4 Å². The van der Waals surface area contributed by atoms with Crippen LogP contribution in [0.2, 0.25) is 0 Å². The van der Waals surface area contributed by atoms with Gasteiger partial charge in [0.25, 0.3) is 0 Å². The average Bonchev–Trinajstić information content (AvgIpc) is 1.20. The highest BCUT2D eigenvalue weighted by Gasteiger charge is 2.42. The number of hydrogen-bond donors (Lipinski definition) is 6. The Bertz CT molecular complexity index is 69.0. The Morgan fingerprint density at radius 1 is 0.750 bits per heavy atom. The van der Waals surface area contributed by atoms with Gasteiger partial charge in [0.1, 0.15) is 0 Å². The minimum atomic E-state index is -0.278. The van der Waals surface area contributed by atoms with Gasteiger partial charge in [0.05, 0.1) is 0 Å². The monoisotopic (exact) mass is 138 g/mol. The molecular formula is CH7ClN6. The number of nitrogens with one attached hydrogen (secondary N) is 6. The van der Waals surface area contributed by atoms with Crippen LogP contribution in [0.4, 0.5) is 0 Å². The van der Waals surface area contributed by atoms with Crippen molar-refractivity contribution in [3.05, 3.63) is 0 Å². The smallest absolute Gasteiger partial charge is 0.194 e. The summed E-state index contributed by atoms with van der Waals surface area (Å²) in [5, 5.41) is 0. The number of hydrazine groups is 4. The summed E-state index contributed by atoms with van der Waals surface area (Å²) >= 11 is 0. The van der Waals surface area contributed by atoms with Crippen molar-refractivity contribution in [2.45, 2.75) is 5.91 Å². The van der Waals surface area contributed by atoms with Crippen molar-refractivity contribution in [1.82, 2.24) is 32.8 Å². The van der Waals surface area contributed by atoms with E-state index in [1.54, 1.807) is 0 Å².